The van der Waals surface area contributed by atoms with Crippen LogP contribution < -0.4 is 11.1 Å². The first-order valence-corrected chi connectivity index (χ1v) is 7.01. The van der Waals surface area contributed by atoms with Crippen LogP contribution in [0.5, 0.6) is 0 Å². The molecule has 0 bridgehead atoms. The van der Waals surface area contributed by atoms with Gasteiger partial charge in [0.2, 0.25) is 0 Å². The Balaban J connectivity index is 2.46. The highest BCUT2D eigenvalue weighted by Gasteiger charge is 2.35. The van der Waals surface area contributed by atoms with E-state index in [0.29, 0.717) is 13.1 Å². The zero-order chi connectivity index (χ0) is 14.5. The molecule has 1 atom stereocenters. The van der Waals surface area contributed by atoms with Gasteiger partial charge >= 0.3 is 6.09 Å². The summed E-state index contributed by atoms with van der Waals surface area (Å²) in [5.74, 6) is 0.254. The van der Waals surface area contributed by atoms with Crippen molar-refractivity contribution in [2.45, 2.75) is 46.1 Å². The molecular weight excluding hydrogens is 244 g/mol. The summed E-state index contributed by atoms with van der Waals surface area (Å²) in [4.78, 5) is 11.7. The van der Waals surface area contributed by atoms with Crippen LogP contribution in [0.1, 0.15) is 40.5 Å². The fourth-order valence-corrected chi connectivity index (χ4v) is 2.38. The number of hydrogen-bond acceptors (Lipinski definition) is 4. The van der Waals surface area contributed by atoms with Crippen LogP contribution >= 0.6 is 0 Å². The molecule has 0 radical (unpaired) electrons. The van der Waals surface area contributed by atoms with Crippen LogP contribution in [-0.2, 0) is 9.47 Å². The quantitative estimate of drug-likeness (QED) is 0.820. The summed E-state index contributed by atoms with van der Waals surface area (Å²) >= 11 is 0. The zero-order valence-corrected chi connectivity index (χ0v) is 12.6. The molecule has 0 aromatic carbocycles. The summed E-state index contributed by atoms with van der Waals surface area (Å²) in [5.41, 5.74) is 5.54. The monoisotopic (exact) mass is 272 g/mol. The van der Waals surface area contributed by atoms with Crippen molar-refractivity contribution in [2.24, 2.45) is 17.1 Å². The molecule has 0 spiro atoms. The van der Waals surface area contributed by atoms with Crippen LogP contribution in [-0.4, -0.2) is 38.0 Å². The molecule has 1 fully saturated rings. The molecule has 1 aliphatic rings. The van der Waals surface area contributed by atoms with E-state index in [0.717, 1.165) is 26.1 Å². The van der Waals surface area contributed by atoms with Crippen LogP contribution in [0.15, 0.2) is 0 Å². The summed E-state index contributed by atoms with van der Waals surface area (Å²) in [7, 11) is 0. The van der Waals surface area contributed by atoms with Gasteiger partial charge in [-0.1, -0.05) is 6.92 Å². The highest BCUT2D eigenvalue weighted by Crippen LogP contribution is 2.37. The van der Waals surface area contributed by atoms with E-state index in [1.165, 1.54) is 0 Å². The molecule has 19 heavy (non-hydrogen) atoms. The van der Waals surface area contributed by atoms with Crippen molar-refractivity contribution >= 4 is 6.09 Å². The summed E-state index contributed by atoms with van der Waals surface area (Å²) in [6.07, 6.45) is 1.61. The van der Waals surface area contributed by atoms with E-state index in [1.807, 2.05) is 20.8 Å². The van der Waals surface area contributed by atoms with Gasteiger partial charge in [-0.25, -0.2) is 4.79 Å². The van der Waals surface area contributed by atoms with Crippen molar-refractivity contribution < 1.29 is 14.3 Å². The van der Waals surface area contributed by atoms with E-state index < -0.39 is 5.60 Å². The maximum atomic E-state index is 11.7. The van der Waals surface area contributed by atoms with Crippen LogP contribution in [0.3, 0.4) is 0 Å². The number of carbonyl (C=O) groups excluding carboxylic acids is 1. The third-order valence-corrected chi connectivity index (χ3v) is 3.80. The number of ether oxygens (including phenoxy) is 2. The Morgan fingerprint density at radius 3 is 2.47 bits per heavy atom. The number of carbonyl (C=O) groups is 1. The largest absolute Gasteiger partial charge is 0.444 e. The van der Waals surface area contributed by atoms with Crippen molar-refractivity contribution in [2.75, 3.05) is 26.3 Å². The number of amides is 1. The minimum Gasteiger partial charge on any atom is -0.444 e. The lowest BCUT2D eigenvalue weighted by Crippen LogP contribution is -2.45. The molecule has 0 aromatic rings. The van der Waals surface area contributed by atoms with E-state index in [9.17, 15) is 4.79 Å². The maximum absolute atomic E-state index is 11.7. The van der Waals surface area contributed by atoms with Crippen molar-refractivity contribution in [1.82, 2.24) is 5.32 Å². The molecular formula is C14H28N2O3. The van der Waals surface area contributed by atoms with Crippen molar-refractivity contribution in [1.29, 1.82) is 0 Å². The van der Waals surface area contributed by atoms with Crippen molar-refractivity contribution in [3.8, 4) is 0 Å². The van der Waals surface area contributed by atoms with Gasteiger partial charge in [0.15, 0.2) is 0 Å². The Morgan fingerprint density at radius 2 is 2.00 bits per heavy atom. The molecule has 1 rings (SSSR count). The Hall–Kier alpha value is -0.810. The number of hydrogen-bond donors (Lipinski definition) is 2. The highest BCUT2D eigenvalue weighted by atomic mass is 16.6. The van der Waals surface area contributed by atoms with E-state index in [2.05, 4.69) is 12.2 Å². The maximum Gasteiger partial charge on any atom is 0.407 e. The lowest BCUT2D eigenvalue weighted by atomic mass is 9.71. The third-order valence-electron chi connectivity index (χ3n) is 3.80. The number of nitrogens with two attached hydrogens (primary N) is 1. The van der Waals surface area contributed by atoms with Crippen molar-refractivity contribution in [3.63, 3.8) is 0 Å². The summed E-state index contributed by atoms with van der Waals surface area (Å²) in [5, 5.41) is 2.83. The molecule has 1 heterocycles. The molecule has 0 aromatic heterocycles. The Kier molecular flexibility index (Phi) is 5.62. The molecule has 5 heteroatoms. The van der Waals surface area contributed by atoms with E-state index >= 15 is 0 Å². The predicted molar refractivity (Wildman–Crippen MR) is 74.9 cm³/mol. The molecule has 0 saturated carbocycles. The Morgan fingerprint density at radius 1 is 1.42 bits per heavy atom. The van der Waals surface area contributed by atoms with Gasteiger partial charge in [-0.3, -0.25) is 0 Å². The lowest BCUT2D eigenvalue weighted by molar-refractivity contribution is -0.00667. The molecule has 0 aliphatic carbocycles. The molecule has 112 valence electrons. The second kappa shape index (κ2) is 6.57. The van der Waals surface area contributed by atoms with Gasteiger partial charge in [-0.05, 0) is 51.5 Å². The molecule has 3 N–H and O–H groups in total. The zero-order valence-electron chi connectivity index (χ0n) is 12.6. The topological polar surface area (TPSA) is 73.6 Å². The summed E-state index contributed by atoms with van der Waals surface area (Å²) < 4.78 is 10.6. The second-order valence-electron chi connectivity index (χ2n) is 6.58. The average molecular weight is 272 g/mol. The van der Waals surface area contributed by atoms with Crippen LogP contribution in [0, 0.1) is 11.3 Å². The summed E-state index contributed by atoms with van der Waals surface area (Å²) in [6.45, 7) is 10.5. The molecule has 1 aliphatic heterocycles. The number of alkyl carbamates (subject to hydrolysis) is 1. The average Bonchev–Trinajstić information content (AvgIpc) is 2.28. The smallest absolute Gasteiger partial charge is 0.407 e. The fourth-order valence-electron chi connectivity index (χ4n) is 2.38. The van der Waals surface area contributed by atoms with Gasteiger partial charge in [0.25, 0.3) is 0 Å². The third kappa shape index (κ3) is 5.37. The Bertz CT molecular complexity index is 294. The van der Waals surface area contributed by atoms with Crippen molar-refractivity contribution in [3.05, 3.63) is 0 Å². The van der Waals surface area contributed by atoms with Gasteiger partial charge in [-0.15, -0.1) is 0 Å². The minimum absolute atomic E-state index is 0.141. The second-order valence-corrected chi connectivity index (χ2v) is 6.58. The van der Waals surface area contributed by atoms with Crippen LogP contribution in [0.25, 0.3) is 0 Å². The number of nitrogens with one attached hydrogen (secondary N) is 1. The van der Waals surface area contributed by atoms with Gasteiger partial charge in [0.05, 0.1) is 0 Å². The van der Waals surface area contributed by atoms with E-state index in [4.69, 9.17) is 15.2 Å². The van der Waals surface area contributed by atoms with Gasteiger partial charge < -0.3 is 20.5 Å². The van der Waals surface area contributed by atoms with Crippen LogP contribution in [0.4, 0.5) is 4.79 Å². The first-order valence-electron chi connectivity index (χ1n) is 7.01. The van der Waals surface area contributed by atoms with E-state index in [-0.39, 0.29) is 17.4 Å². The van der Waals surface area contributed by atoms with Gasteiger partial charge in [0.1, 0.15) is 5.60 Å². The molecule has 1 amide bonds. The first-order chi connectivity index (χ1) is 8.77. The van der Waals surface area contributed by atoms with Gasteiger partial charge in [-0.2, -0.15) is 0 Å². The SMILES string of the molecule is CC(C)(C)OC(=O)NCC(CN)C1(C)CCOCC1. The van der Waals surface area contributed by atoms with E-state index in [1.54, 1.807) is 0 Å². The predicted octanol–water partition coefficient (Wildman–Crippen LogP) is 1.90. The standard InChI is InChI=1S/C14H28N2O3/c1-13(2,3)19-12(17)16-10-11(9-15)14(4)5-7-18-8-6-14/h11H,5-10,15H2,1-4H3,(H,16,17). The molecule has 5 nitrogen and oxygen atoms in total. The summed E-state index contributed by atoms with van der Waals surface area (Å²) in [6, 6.07) is 0. The normalized spacial score (nSPS) is 20.7. The Labute approximate surface area is 116 Å². The number of rotatable bonds is 4. The first kappa shape index (κ1) is 16.2. The molecule has 1 saturated heterocycles. The minimum atomic E-state index is -0.467. The highest BCUT2D eigenvalue weighted by molar-refractivity contribution is 5.67. The fraction of sp³-hybridized carbons (Fsp3) is 0.929. The van der Waals surface area contributed by atoms with Crippen LogP contribution in [0.2, 0.25) is 0 Å². The molecule has 1 unspecified atom stereocenters. The lowest BCUT2D eigenvalue weighted by Gasteiger charge is -2.40. The van der Waals surface area contributed by atoms with Gasteiger partial charge in [0, 0.05) is 19.8 Å².